The SMILES string of the molecule is C=CCOc1c(C(C)(C)C)cccc1[Si](CC)(CC)C1c2cc(C(C)(C)C)ccc2-c2ccc(C(C)(C)C)cc21. The Morgan fingerprint density at radius 2 is 1.23 bits per heavy atom. The zero-order chi connectivity index (χ0) is 29.7. The highest BCUT2D eigenvalue weighted by molar-refractivity contribution is 6.94. The third kappa shape index (κ3) is 5.25. The molecule has 0 aliphatic heterocycles. The average Bonchev–Trinajstić information content (AvgIpc) is 3.21. The van der Waals surface area contributed by atoms with Gasteiger partial charge in [-0.3, -0.25) is 0 Å². The van der Waals surface area contributed by atoms with E-state index < -0.39 is 8.07 Å². The van der Waals surface area contributed by atoms with E-state index in [1.807, 2.05) is 6.08 Å². The van der Waals surface area contributed by atoms with E-state index in [1.165, 1.54) is 44.1 Å². The lowest BCUT2D eigenvalue weighted by molar-refractivity contribution is 0.353. The Hall–Kier alpha value is -2.58. The second-order valence-electron chi connectivity index (χ2n) is 14.9. The minimum absolute atomic E-state index is 0.0154. The lowest BCUT2D eigenvalue weighted by Gasteiger charge is -2.40. The Labute approximate surface area is 246 Å². The standard InChI is InChI=1S/C38H52OSi/c1-13-23-39-34-32(38(10,11)12)17-16-18-33(34)40(14-2,15-3)35-30-24-26(36(4,5)6)19-21-28(30)29-22-20-27(25-31(29)35)37(7,8)9/h13,16-22,24-25,35H,1,14-15,23H2,2-12H3. The number of ether oxygens (including phenoxy) is 1. The Bertz CT molecular complexity index is 1320. The van der Waals surface area contributed by atoms with Gasteiger partial charge in [0.05, 0.1) is 0 Å². The van der Waals surface area contributed by atoms with Crippen LogP contribution in [0.5, 0.6) is 5.75 Å². The van der Waals surface area contributed by atoms with E-state index in [4.69, 9.17) is 4.74 Å². The normalized spacial score (nSPS) is 14.2. The van der Waals surface area contributed by atoms with Gasteiger partial charge in [0, 0.05) is 5.54 Å². The van der Waals surface area contributed by atoms with Crippen molar-refractivity contribution in [2.45, 2.75) is 110 Å². The first kappa shape index (κ1) is 30.4. The molecule has 0 fully saturated rings. The second-order valence-corrected chi connectivity index (χ2v) is 19.8. The molecule has 3 aromatic rings. The summed E-state index contributed by atoms with van der Waals surface area (Å²) in [7, 11) is -2.22. The summed E-state index contributed by atoms with van der Waals surface area (Å²) in [5.41, 5.74) is 10.6. The molecule has 0 bridgehead atoms. The van der Waals surface area contributed by atoms with E-state index in [0.717, 1.165) is 17.8 Å². The van der Waals surface area contributed by atoms with E-state index in [2.05, 4.69) is 137 Å². The molecule has 0 N–H and O–H groups in total. The summed E-state index contributed by atoms with van der Waals surface area (Å²) in [6.45, 7) is 30.3. The molecule has 1 aliphatic carbocycles. The number of fused-ring (bicyclic) bond motifs is 3. The Balaban J connectivity index is 2.11. The number of hydrogen-bond donors (Lipinski definition) is 0. The highest BCUT2D eigenvalue weighted by Gasteiger charge is 2.48. The summed E-state index contributed by atoms with van der Waals surface area (Å²) >= 11 is 0. The monoisotopic (exact) mass is 552 g/mol. The van der Waals surface area contributed by atoms with Gasteiger partial charge in [0.25, 0.3) is 0 Å². The molecule has 1 aliphatic rings. The summed E-state index contributed by atoms with van der Waals surface area (Å²) in [4.78, 5) is 0. The second kappa shape index (κ2) is 10.7. The third-order valence-electron chi connectivity index (χ3n) is 9.27. The zero-order valence-electron chi connectivity index (χ0n) is 27.1. The summed E-state index contributed by atoms with van der Waals surface area (Å²) in [6, 6.07) is 24.0. The van der Waals surface area contributed by atoms with Gasteiger partial charge in [-0.05, 0) is 60.4 Å². The summed E-state index contributed by atoms with van der Waals surface area (Å²) in [5.74, 6) is 1.11. The number of para-hydroxylation sites is 1. The predicted octanol–water partition coefficient (Wildman–Crippen LogP) is 10.2. The lowest BCUT2D eigenvalue weighted by Crippen LogP contribution is -2.53. The van der Waals surface area contributed by atoms with Crippen molar-refractivity contribution < 1.29 is 4.74 Å². The van der Waals surface area contributed by atoms with Crippen LogP contribution in [0.2, 0.25) is 12.1 Å². The summed E-state index contributed by atoms with van der Waals surface area (Å²) in [5, 5.41) is 1.47. The van der Waals surface area contributed by atoms with Gasteiger partial charge >= 0.3 is 0 Å². The molecule has 214 valence electrons. The molecule has 0 saturated heterocycles. The third-order valence-corrected chi connectivity index (χ3v) is 15.0. The molecule has 4 rings (SSSR count). The minimum atomic E-state index is -2.22. The maximum Gasteiger partial charge on any atom is 0.122 e. The van der Waals surface area contributed by atoms with Crippen molar-refractivity contribution in [2.75, 3.05) is 6.61 Å². The summed E-state index contributed by atoms with van der Waals surface area (Å²) < 4.78 is 6.66. The first-order chi connectivity index (χ1) is 18.6. The van der Waals surface area contributed by atoms with Crippen molar-refractivity contribution in [1.29, 1.82) is 0 Å². The van der Waals surface area contributed by atoms with Gasteiger partial charge in [-0.25, -0.2) is 0 Å². The van der Waals surface area contributed by atoms with Gasteiger partial charge in [0.1, 0.15) is 20.4 Å². The molecule has 2 heteroatoms. The minimum Gasteiger partial charge on any atom is -0.489 e. The van der Waals surface area contributed by atoms with Gasteiger partial charge in [0.15, 0.2) is 0 Å². The highest BCUT2D eigenvalue weighted by atomic mass is 28.3. The van der Waals surface area contributed by atoms with Crippen molar-refractivity contribution in [3.8, 4) is 16.9 Å². The quantitative estimate of drug-likeness (QED) is 0.209. The smallest absolute Gasteiger partial charge is 0.122 e. The lowest BCUT2D eigenvalue weighted by atomic mass is 9.85. The molecule has 0 atom stereocenters. The molecule has 40 heavy (non-hydrogen) atoms. The van der Waals surface area contributed by atoms with Crippen molar-refractivity contribution in [2.24, 2.45) is 0 Å². The molecular weight excluding hydrogens is 501 g/mol. The number of hydrogen-bond acceptors (Lipinski definition) is 1. The molecule has 0 radical (unpaired) electrons. The van der Waals surface area contributed by atoms with Crippen LogP contribution in [0, 0.1) is 0 Å². The van der Waals surface area contributed by atoms with Crippen LogP contribution in [-0.4, -0.2) is 14.7 Å². The van der Waals surface area contributed by atoms with E-state index in [-0.39, 0.29) is 16.2 Å². The van der Waals surface area contributed by atoms with Crippen LogP contribution in [-0.2, 0) is 16.2 Å². The van der Waals surface area contributed by atoms with Crippen LogP contribution in [0.4, 0.5) is 0 Å². The predicted molar refractivity (Wildman–Crippen MR) is 178 cm³/mol. The summed E-state index contributed by atoms with van der Waals surface area (Å²) in [6.07, 6.45) is 1.88. The molecule has 1 nitrogen and oxygen atoms in total. The molecule has 0 amide bonds. The first-order valence-corrected chi connectivity index (χ1v) is 17.8. The fourth-order valence-electron chi connectivity index (χ4n) is 6.80. The molecule has 0 saturated carbocycles. The van der Waals surface area contributed by atoms with Crippen LogP contribution in [0.1, 0.15) is 110 Å². The zero-order valence-corrected chi connectivity index (χ0v) is 28.1. The van der Waals surface area contributed by atoms with E-state index in [0.29, 0.717) is 12.1 Å². The maximum absolute atomic E-state index is 6.66. The van der Waals surface area contributed by atoms with Crippen molar-refractivity contribution in [1.82, 2.24) is 0 Å². The van der Waals surface area contributed by atoms with Crippen LogP contribution < -0.4 is 9.92 Å². The van der Waals surface area contributed by atoms with Gasteiger partial charge < -0.3 is 4.74 Å². The Morgan fingerprint density at radius 3 is 1.62 bits per heavy atom. The Kier molecular flexibility index (Phi) is 8.11. The van der Waals surface area contributed by atoms with E-state index in [1.54, 1.807) is 0 Å². The number of benzene rings is 3. The highest BCUT2D eigenvalue weighted by Crippen LogP contribution is 2.53. The van der Waals surface area contributed by atoms with Crippen LogP contribution in [0.15, 0.2) is 67.3 Å². The van der Waals surface area contributed by atoms with Crippen LogP contribution >= 0.6 is 0 Å². The van der Waals surface area contributed by atoms with E-state index >= 15 is 0 Å². The molecule has 0 aromatic heterocycles. The van der Waals surface area contributed by atoms with Gasteiger partial charge in [-0.2, -0.15) is 0 Å². The van der Waals surface area contributed by atoms with Gasteiger partial charge in [0.2, 0.25) is 0 Å². The van der Waals surface area contributed by atoms with Gasteiger partial charge in [-0.15, -0.1) is 0 Å². The fourth-order valence-corrected chi connectivity index (χ4v) is 11.9. The fraction of sp³-hybridized carbons (Fsp3) is 0.474. The van der Waals surface area contributed by atoms with E-state index in [9.17, 15) is 0 Å². The van der Waals surface area contributed by atoms with Crippen LogP contribution in [0.3, 0.4) is 0 Å². The topological polar surface area (TPSA) is 9.23 Å². The molecule has 0 unspecified atom stereocenters. The van der Waals surface area contributed by atoms with Crippen molar-refractivity contribution >= 4 is 13.3 Å². The number of rotatable bonds is 7. The van der Waals surface area contributed by atoms with Crippen molar-refractivity contribution in [3.63, 3.8) is 0 Å². The first-order valence-electron chi connectivity index (χ1n) is 15.3. The molecular formula is C38H52OSi. The Morgan fingerprint density at radius 1 is 0.725 bits per heavy atom. The average molecular weight is 553 g/mol. The maximum atomic E-state index is 6.66. The van der Waals surface area contributed by atoms with Gasteiger partial charge in [-0.1, -0.05) is 156 Å². The molecule has 3 aromatic carbocycles. The molecule has 0 heterocycles. The van der Waals surface area contributed by atoms with Crippen LogP contribution in [0.25, 0.3) is 11.1 Å². The van der Waals surface area contributed by atoms with Crippen molar-refractivity contribution in [3.05, 3.63) is 95.1 Å². The largest absolute Gasteiger partial charge is 0.489 e. The molecule has 0 spiro atoms.